The highest BCUT2D eigenvalue weighted by atomic mass is 32.2. The van der Waals surface area contributed by atoms with Gasteiger partial charge in [0.25, 0.3) is 0 Å². The number of thioether (sulfide) groups is 1. The average molecular weight is 348 g/mol. The maximum absolute atomic E-state index is 12.3. The van der Waals surface area contributed by atoms with Gasteiger partial charge in [0.2, 0.25) is 0 Å². The fourth-order valence-corrected chi connectivity index (χ4v) is 6.31. The van der Waals surface area contributed by atoms with E-state index >= 15 is 0 Å². The Bertz CT molecular complexity index is 583. The standard InChI is InChI=1S/C13H21N3O2S3/c1-2-21(17,18)12-9-19-6-5-16(12)13-15-8-11(20-13)7-14-10-3-4-10/h8,10,12,14H,2-7,9H2,1H3. The summed E-state index contributed by atoms with van der Waals surface area (Å²) in [5.74, 6) is 1.80. The minimum absolute atomic E-state index is 0.191. The van der Waals surface area contributed by atoms with Gasteiger partial charge in [-0.15, -0.1) is 11.3 Å². The van der Waals surface area contributed by atoms with Gasteiger partial charge in [0.1, 0.15) is 5.37 Å². The molecule has 2 aliphatic rings. The number of sulfone groups is 1. The summed E-state index contributed by atoms with van der Waals surface area (Å²) in [6.07, 6.45) is 4.42. The normalized spacial score (nSPS) is 23.5. The number of nitrogens with zero attached hydrogens (tertiary/aromatic N) is 2. The van der Waals surface area contributed by atoms with Gasteiger partial charge in [0, 0.05) is 47.5 Å². The number of hydrogen-bond acceptors (Lipinski definition) is 7. The maximum Gasteiger partial charge on any atom is 0.186 e. The second kappa shape index (κ2) is 6.44. The number of nitrogens with one attached hydrogen (secondary N) is 1. The van der Waals surface area contributed by atoms with Gasteiger partial charge in [0.15, 0.2) is 15.0 Å². The van der Waals surface area contributed by atoms with Crippen LogP contribution in [0.4, 0.5) is 5.13 Å². The molecule has 0 amide bonds. The van der Waals surface area contributed by atoms with Crippen molar-refractivity contribution in [2.45, 2.75) is 37.7 Å². The van der Waals surface area contributed by atoms with Gasteiger partial charge in [-0.05, 0) is 12.8 Å². The first-order valence-electron chi connectivity index (χ1n) is 7.34. The molecule has 1 saturated carbocycles. The molecule has 5 nitrogen and oxygen atoms in total. The zero-order valence-corrected chi connectivity index (χ0v) is 14.6. The van der Waals surface area contributed by atoms with Gasteiger partial charge < -0.3 is 10.2 Å². The summed E-state index contributed by atoms with van der Waals surface area (Å²) in [7, 11) is -3.07. The van der Waals surface area contributed by atoms with Crippen LogP contribution in [0.25, 0.3) is 0 Å². The number of hydrogen-bond donors (Lipinski definition) is 1. The van der Waals surface area contributed by atoms with E-state index < -0.39 is 15.2 Å². The molecule has 2 heterocycles. The molecule has 1 aromatic rings. The molecule has 3 rings (SSSR count). The highest BCUT2D eigenvalue weighted by Crippen LogP contribution is 2.31. The minimum atomic E-state index is -3.07. The fourth-order valence-electron chi connectivity index (χ4n) is 2.33. The van der Waals surface area contributed by atoms with Crippen LogP contribution < -0.4 is 10.2 Å². The van der Waals surface area contributed by atoms with Gasteiger partial charge >= 0.3 is 0 Å². The quantitative estimate of drug-likeness (QED) is 0.845. The Morgan fingerprint density at radius 3 is 3.00 bits per heavy atom. The second-order valence-electron chi connectivity index (χ2n) is 5.44. The average Bonchev–Trinajstić information content (AvgIpc) is 3.22. The molecule has 1 atom stereocenters. The molecule has 0 bridgehead atoms. The molecule has 1 N–H and O–H groups in total. The van der Waals surface area contributed by atoms with E-state index in [1.54, 1.807) is 30.0 Å². The number of thiazole rings is 1. The first kappa shape index (κ1) is 15.6. The van der Waals surface area contributed by atoms with Crippen molar-refractivity contribution < 1.29 is 8.42 Å². The van der Waals surface area contributed by atoms with Crippen LogP contribution in [0.1, 0.15) is 24.6 Å². The topological polar surface area (TPSA) is 62.3 Å². The Balaban J connectivity index is 1.73. The zero-order valence-electron chi connectivity index (χ0n) is 12.1. The van der Waals surface area contributed by atoms with Crippen LogP contribution in [0.15, 0.2) is 6.20 Å². The molecule has 2 fully saturated rings. The Labute approximate surface area is 134 Å². The molecule has 8 heteroatoms. The monoisotopic (exact) mass is 347 g/mol. The largest absolute Gasteiger partial charge is 0.329 e. The molecule has 0 radical (unpaired) electrons. The Kier molecular flexibility index (Phi) is 4.78. The molecule has 0 spiro atoms. The lowest BCUT2D eigenvalue weighted by molar-refractivity contribution is 0.579. The Morgan fingerprint density at radius 2 is 2.29 bits per heavy atom. The summed E-state index contributed by atoms with van der Waals surface area (Å²) in [5.41, 5.74) is 0. The summed E-state index contributed by atoms with van der Waals surface area (Å²) < 4.78 is 24.6. The summed E-state index contributed by atoms with van der Waals surface area (Å²) in [6.45, 7) is 3.33. The molecule has 21 heavy (non-hydrogen) atoms. The first-order valence-corrected chi connectivity index (χ1v) is 11.0. The predicted molar refractivity (Wildman–Crippen MR) is 89.9 cm³/mol. The van der Waals surface area contributed by atoms with Crippen molar-refractivity contribution in [3.63, 3.8) is 0 Å². The fraction of sp³-hybridized carbons (Fsp3) is 0.769. The van der Waals surface area contributed by atoms with Crippen molar-refractivity contribution in [3.05, 3.63) is 11.1 Å². The summed E-state index contributed by atoms with van der Waals surface area (Å²) >= 11 is 3.33. The third-order valence-corrected chi connectivity index (χ3v) is 8.15. The maximum atomic E-state index is 12.3. The van der Waals surface area contributed by atoms with Crippen molar-refractivity contribution in [1.82, 2.24) is 10.3 Å². The van der Waals surface area contributed by atoms with Crippen molar-refractivity contribution in [3.8, 4) is 0 Å². The highest BCUT2D eigenvalue weighted by Gasteiger charge is 2.34. The van der Waals surface area contributed by atoms with Crippen LogP contribution in [0, 0.1) is 0 Å². The van der Waals surface area contributed by atoms with Crippen molar-refractivity contribution in [1.29, 1.82) is 0 Å². The number of rotatable bonds is 6. The lowest BCUT2D eigenvalue weighted by Crippen LogP contribution is -2.47. The smallest absolute Gasteiger partial charge is 0.186 e. The van der Waals surface area contributed by atoms with Crippen LogP contribution in [0.5, 0.6) is 0 Å². The summed E-state index contributed by atoms with van der Waals surface area (Å²) in [4.78, 5) is 7.64. The minimum Gasteiger partial charge on any atom is -0.329 e. The number of anilines is 1. The van der Waals surface area contributed by atoms with Crippen molar-refractivity contribution >= 4 is 38.1 Å². The van der Waals surface area contributed by atoms with Gasteiger partial charge in [-0.25, -0.2) is 13.4 Å². The molecular weight excluding hydrogens is 326 g/mol. The van der Waals surface area contributed by atoms with Crippen LogP contribution in [0.2, 0.25) is 0 Å². The van der Waals surface area contributed by atoms with E-state index in [1.807, 2.05) is 11.1 Å². The van der Waals surface area contributed by atoms with E-state index in [1.165, 1.54) is 17.7 Å². The lowest BCUT2D eigenvalue weighted by atomic mass is 10.5. The Morgan fingerprint density at radius 1 is 1.48 bits per heavy atom. The molecule has 118 valence electrons. The van der Waals surface area contributed by atoms with E-state index in [9.17, 15) is 8.42 Å². The molecule has 1 unspecified atom stereocenters. The molecule has 1 saturated heterocycles. The molecule has 0 aromatic carbocycles. The summed E-state index contributed by atoms with van der Waals surface area (Å²) in [5, 5.41) is 3.90. The van der Waals surface area contributed by atoms with Gasteiger partial charge in [-0.2, -0.15) is 11.8 Å². The van der Waals surface area contributed by atoms with E-state index in [-0.39, 0.29) is 5.75 Å². The molecule has 1 aliphatic carbocycles. The van der Waals surface area contributed by atoms with Crippen molar-refractivity contribution in [2.24, 2.45) is 0 Å². The van der Waals surface area contributed by atoms with Gasteiger partial charge in [-0.3, -0.25) is 0 Å². The van der Waals surface area contributed by atoms with Gasteiger partial charge in [-0.1, -0.05) is 6.92 Å². The molecule has 1 aromatic heterocycles. The summed E-state index contributed by atoms with van der Waals surface area (Å²) in [6, 6.07) is 0.676. The first-order chi connectivity index (χ1) is 10.1. The van der Waals surface area contributed by atoms with E-state index in [2.05, 4.69) is 10.3 Å². The van der Waals surface area contributed by atoms with Crippen LogP contribution in [0.3, 0.4) is 0 Å². The van der Waals surface area contributed by atoms with E-state index in [0.717, 1.165) is 24.0 Å². The molecular formula is C13H21N3O2S3. The Hall–Kier alpha value is -0.310. The third kappa shape index (κ3) is 3.72. The SMILES string of the molecule is CCS(=O)(=O)C1CSCCN1c1ncc(CNC2CC2)s1. The second-order valence-corrected chi connectivity index (χ2v) is 10.1. The van der Waals surface area contributed by atoms with Crippen LogP contribution in [-0.4, -0.2) is 48.6 Å². The van der Waals surface area contributed by atoms with Gasteiger partial charge in [0.05, 0.1) is 0 Å². The number of aromatic nitrogens is 1. The predicted octanol–water partition coefficient (Wildman–Crippen LogP) is 1.71. The zero-order chi connectivity index (χ0) is 14.9. The molecule has 1 aliphatic heterocycles. The third-order valence-electron chi connectivity index (χ3n) is 3.83. The van der Waals surface area contributed by atoms with Crippen LogP contribution in [-0.2, 0) is 16.4 Å². The van der Waals surface area contributed by atoms with E-state index in [0.29, 0.717) is 11.8 Å². The van der Waals surface area contributed by atoms with Crippen LogP contribution >= 0.6 is 23.1 Å². The highest BCUT2D eigenvalue weighted by molar-refractivity contribution is 8.01. The van der Waals surface area contributed by atoms with Crippen molar-refractivity contribution in [2.75, 3.05) is 28.7 Å². The lowest BCUT2D eigenvalue weighted by Gasteiger charge is -2.34. The van der Waals surface area contributed by atoms with E-state index in [4.69, 9.17) is 0 Å².